The van der Waals surface area contributed by atoms with Crippen molar-refractivity contribution >= 4 is 22.7 Å². The number of H-pyrrole nitrogens is 1. The molecule has 14 heavy (non-hydrogen) atoms. The normalized spacial score (nSPS) is 10.1. The quantitative estimate of drug-likeness (QED) is 0.725. The SMILES string of the molecule is COC(=O)Nc1ccc2[nH]ccc2c1. The number of rotatable bonds is 1. The first-order valence-corrected chi connectivity index (χ1v) is 4.22. The van der Waals surface area contributed by atoms with Crippen molar-refractivity contribution in [3.8, 4) is 0 Å². The highest BCUT2D eigenvalue weighted by Crippen LogP contribution is 2.17. The fraction of sp³-hybridized carbons (Fsp3) is 0.100. The third-order valence-electron chi connectivity index (χ3n) is 1.99. The zero-order valence-electron chi connectivity index (χ0n) is 7.70. The van der Waals surface area contributed by atoms with Gasteiger partial charge in [0.05, 0.1) is 7.11 Å². The van der Waals surface area contributed by atoms with E-state index >= 15 is 0 Å². The molecule has 72 valence electrons. The number of methoxy groups -OCH3 is 1. The molecule has 2 rings (SSSR count). The van der Waals surface area contributed by atoms with Gasteiger partial charge in [-0.15, -0.1) is 0 Å². The van der Waals surface area contributed by atoms with Crippen LogP contribution >= 0.6 is 0 Å². The molecule has 1 aromatic carbocycles. The number of anilines is 1. The Bertz CT molecular complexity index is 462. The summed E-state index contributed by atoms with van der Waals surface area (Å²) in [6.45, 7) is 0. The first kappa shape index (κ1) is 8.62. The Hall–Kier alpha value is -1.97. The summed E-state index contributed by atoms with van der Waals surface area (Å²) in [5, 5.41) is 3.65. The van der Waals surface area contributed by atoms with Gasteiger partial charge >= 0.3 is 6.09 Å². The van der Waals surface area contributed by atoms with Crippen molar-refractivity contribution < 1.29 is 9.53 Å². The Morgan fingerprint density at radius 1 is 1.43 bits per heavy atom. The fourth-order valence-electron chi connectivity index (χ4n) is 1.30. The van der Waals surface area contributed by atoms with Crippen molar-refractivity contribution in [3.63, 3.8) is 0 Å². The summed E-state index contributed by atoms with van der Waals surface area (Å²) in [4.78, 5) is 14.0. The van der Waals surface area contributed by atoms with Gasteiger partial charge in [-0.3, -0.25) is 5.32 Å². The summed E-state index contributed by atoms with van der Waals surface area (Å²) in [5.41, 5.74) is 1.77. The van der Waals surface area contributed by atoms with Crippen LogP contribution in [0.4, 0.5) is 10.5 Å². The van der Waals surface area contributed by atoms with Crippen LogP contribution in [0.1, 0.15) is 0 Å². The molecule has 4 heteroatoms. The maximum absolute atomic E-state index is 10.9. The van der Waals surface area contributed by atoms with Gasteiger partial charge in [0.15, 0.2) is 0 Å². The lowest BCUT2D eigenvalue weighted by atomic mass is 10.2. The third kappa shape index (κ3) is 1.54. The van der Waals surface area contributed by atoms with Crippen molar-refractivity contribution in [2.75, 3.05) is 12.4 Å². The first-order chi connectivity index (χ1) is 6.79. The zero-order chi connectivity index (χ0) is 9.97. The minimum Gasteiger partial charge on any atom is -0.453 e. The van der Waals surface area contributed by atoms with Crippen LogP contribution in [0.3, 0.4) is 0 Å². The largest absolute Gasteiger partial charge is 0.453 e. The van der Waals surface area contributed by atoms with Crippen LogP contribution in [0.2, 0.25) is 0 Å². The predicted molar refractivity (Wildman–Crippen MR) is 54.3 cm³/mol. The van der Waals surface area contributed by atoms with Gasteiger partial charge in [0.25, 0.3) is 0 Å². The van der Waals surface area contributed by atoms with Crippen molar-refractivity contribution in [3.05, 3.63) is 30.5 Å². The van der Waals surface area contributed by atoms with E-state index in [9.17, 15) is 4.79 Å². The van der Waals surface area contributed by atoms with E-state index in [0.29, 0.717) is 0 Å². The lowest BCUT2D eigenvalue weighted by molar-refractivity contribution is 0.187. The molecule has 0 radical (unpaired) electrons. The second-order valence-electron chi connectivity index (χ2n) is 2.90. The molecule has 1 aromatic heterocycles. The minimum absolute atomic E-state index is 0.458. The van der Waals surface area contributed by atoms with Crippen LogP contribution in [0.5, 0.6) is 0 Å². The third-order valence-corrected chi connectivity index (χ3v) is 1.99. The molecule has 0 bridgehead atoms. The summed E-state index contributed by atoms with van der Waals surface area (Å²) in [5.74, 6) is 0. The molecule has 0 spiro atoms. The van der Waals surface area contributed by atoms with E-state index in [0.717, 1.165) is 16.6 Å². The standard InChI is InChI=1S/C10H10N2O2/c1-14-10(13)12-8-2-3-9-7(6-8)4-5-11-9/h2-6,11H,1H3,(H,12,13). The summed E-state index contributed by atoms with van der Waals surface area (Å²) in [6, 6.07) is 7.54. The molecule has 0 saturated heterocycles. The first-order valence-electron chi connectivity index (χ1n) is 4.22. The number of nitrogens with one attached hydrogen (secondary N) is 2. The van der Waals surface area contributed by atoms with Gasteiger partial charge in [-0.1, -0.05) is 0 Å². The Morgan fingerprint density at radius 2 is 2.29 bits per heavy atom. The lowest BCUT2D eigenvalue weighted by Gasteiger charge is -2.02. The Kier molecular flexibility index (Phi) is 2.10. The summed E-state index contributed by atoms with van der Waals surface area (Å²) in [6.07, 6.45) is 1.40. The van der Waals surface area contributed by atoms with Crippen molar-refractivity contribution in [1.82, 2.24) is 4.98 Å². The Labute approximate surface area is 80.9 Å². The number of fused-ring (bicyclic) bond motifs is 1. The molecular formula is C10H10N2O2. The number of carbonyl (C=O) groups is 1. The van der Waals surface area contributed by atoms with Gasteiger partial charge in [0, 0.05) is 22.8 Å². The van der Waals surface area contributed by atoms with E-state index in [2.05, 4.69) is 15.0 Å². The van der Waals surface area contributed by atoms with Gasteiger partial charge in [-0.05, 0) is 24.3 Å². The van der Waals surface area contributed by atoms with Crippen LogP contribution < -0.4 is 5.32 Å². The number of carbonyl (C=O) groups excluding carboxylic acids is 1. The van der Waals surface area contributed by atoms with Crippen LogP contribution in [-0.4, -0.2) is 18.2 Å². The van der Waals surface area contributed by atoms with Gasteiger partial charge in [0.2, 0.25) is 0 Å². The summed E-state index contributed by atoms with van der Waals surface area (Å²) in [7, 11) is 1.34. The van der Waals surface area contributed by atoms with Crippen LogP contribution in [0.25, 0.3) is 10.9 Å². The molecule has 0 fully saturated rings. The van der Waals surface area contributed by atoms with Crippen LogP contribution in [0.15, 0.2) is 30.5 Å². The Morgan fingerprint density at radius 3 is 3.07 bits per heavy atom. The molecule has 0 aliphatic heterocycles. The highest BCUT2D eigenvalue weighted by molar-refractivity contribution is 5.89. The second kappa shape index (κ2) is 3.41. The molecule has 2 aromatic rings. The fourth-order valence-corrected chi connectivity index (χ4v) is 1.30. The van der Waals surface area contributed by atoms with E-state index < -0.39 is 6.09 Å². The average molecular weight is 190 g/mol. The molecule has 0 aliphatic carbocycles. The molecule has 0 saturated carbocycles. The van der Waals surface area contributed by atoms with Gasteiger partial charge < -0.3 is 9.72 Å². The smallest absolute Gasteiger partial charge is 0.411 e. The molecular weight excluding hydrogens is 180 g/mol. The molecule has 4 nitrogen and oxygen atoms in total. The van der Waals surface area contributed by atoms with Gasteiger partial charge in [-0.2, -0.15) is 0 Å². The summed E-state index contributed by atoms with van der Waals surface area (Å²) >= 11 is 0. The number of aromatic nitrogens is 1. The molecule has 1 heterocycles. The minimum atomic E-state index is -0.458. The number of amides is 1. The number of hydrogen-bond acceptors (Lipinski definition) is 2. The number of hydrogen-bond donors (Lipinski definition) is 2. The van der Waals surface area contributed by atoms with Crippen molar-refractivity contribution in [1.29, 1.82) is 0 Å². The Balaban J connectivity index is 2.30. The van der Waals surface area contributed by atoms with Crippen molar-refractivity contribution in [2.45, 2.75) is 0 Å². The van der Waals surface area contributed by atoms with Gasteiger partial charge in [0.1, 0.15) is 0 Å². The lowest BCUT2D eigenvalue weighted by Crippen LogP contribution is -2.10. The number of aromatic amines is 1. The zero-order valence-corrected chi connectivity index (χ0v) is 7.70. The second-order valence-corrected chi connectivity index (χ2v) is 2.90. The number of ether oxygens (including phenoxy) is 1. The topological polar surface area (TPSA) is 54.1 Å². The van der Waals surface area contributed by atoms with E-state index in [1.165, 1.54) is 7.11 Å². The van der Waals surface area contributed by atoms with E-state index in [1.54, 1.807) is 0 Å². The highest BCUT2D eigenvalue weighted by atomic mass is 16.5. The van der Waals surface area contributed by atoms with Crippen LogP contribution in [0, 0.1) is 0 Å². The molecule has 0 atom stereocenters. The molecule has 0 aliphatic rings. The van der Waals surface area contributed by atoms with E-state index in [1.807, 2.05) is 30.5 Å². The maximum atomic E-state index is 10.9. The molecule has 0 unspecified atom stereocenters. The molecule has 2 N–H and O–H groups in total. The van der Waals surface area contributed by atoms with E-state index in [-0.39, 0.29) is 0 Å². The van der Waals surface area contributed by atoms with E-state index in [4.69, 9.17) is 0 Å². The number of benzene rings is 1. The molecule has 1 amide bonds. The summed E-state index contributed by atoms with van der Waals surface area (Å²) < 4.78 is 4.49. The predicted octanol–water partition coefficient (Wildman–Crippen LogP) is 2.35. The maximum Gasteiger partial charge on any atom is 0.411 e. The average Bonchev–Trinajstić information content (AvgIpc) is 2.64. The monoisotopic (exact) mass is 190 g/mol. The highest BCUT2D eigenvalue weighted by Gasteiger charge is 2.01. The van der Waals surface area contributed by atoms with Gasteiger partial charge in [-0.25, -0.2) is 4.79 Å². The van der Waals surface area contributed by atoms with Crippen molar-refractivity contribution in [2.24, 2.45) is 0 Å². The van der Waals surface area contributed by atoms with Crippen LogP contribution in [-0.2, 0) is 4.74 Å².